The predicted octanol–water partition coefficient (Wildman–Crippen LogP) is 0.388. The fraction of sp³-hybridized carbons (Fsp3) is 0.0526. The molecular weight excluding hydrogens is 324 g/mol. The van der Waals surface area contributed by atoms with E-state index in [1.165, 1.54) is 12.5 Å². The molecule has 0 aliphatic rings. The van der Waals surface area contributed by atoms with Crippen LogP contribution in [-0.2, 0) is 4.74 Å². The SMILES string of the molecule is COC(=O)c1ccccc1-[n+]1ccc2c(c1)[nH]c1ccccc12.[Cl-]. The van der Waals surface area contributed by atoms with E-state index in [9.17, 15) is 4.79 Å². The fourth-order valence-electron chi connectivity index (χ4n) is 2.93. The minimum absolute atomic E-state index is 0. The van der Waals surface area contributed by atoms with Crippen molar-refractivity contribution in [3.63, 3.8) is 0 Å². The van der Waals surface area contributed by atoms with E-state index < -0.39 is 0 Å². The van der Waals surface area contributed by atoms with Crippen LogP contribution in [0.15, 0.2) is 67.0 Å². The van der Waals surface area contributed by atoms with Crippen LogP contribution in [0, 0.1) is 0 Å². The number of carbonyl (C=O) groups excluding carboxylic acids is 1. The lowest BCUT2D eigenvalue weighted by atomic mass is 10.1. The molecular formula is C19H15ClN2O2. The summed E-state index contributed by atoms with van der Waals surface area (Å²) in [6.07, 6.45) is 3.96. The number of rotatable bonds is 2. The molecule has 0 saturated heterocycles. The number of carbonyl (C=O) groups is 1. The van der Waals surface area contributed by atoms with Crippen molar-refractivity contribution in [3.05, 3.63) is 72.6 Å². The average molecular weight is 339 g/mol. The quantitative estimate of drug-likeness (QED) is 0.424. The maximum atomic E-state index is 12.0. The first kappa shape index (κ1) is 16.0. The number of nitrogens with one attached hydrogen (secondary N) is 1. The van der Waals surface area contributed by atoms with Gasteiger partial charge in [0, 0.05) is 28.4 Å². The highest BCUT2D eigenvalue weighted by atomic mass is 35.5. The summed E-state index contributed by atoms with van der Waals surface area (Å²) in [5.74, 6) is -0.343. The van der Waals surface area contributed by atoms with Crippen LogP contribution in [0.4, 0.5) is 0 Å². The number of fused-ring (bicyclic) bond motifs is 3. The van der Waals surface area contributed by atoms with Crippen molar-refractivity contribution in [1.29, 1.82) is 0 Å². The minimum Gasteiger partial charge on any atom is -1.00 e. The van der Waals surface area contributed by atoms with Crippen molar-refractivity contribution >= 4 is 27.8 Å². The van der Waals surface area contributed by atoms with Crippen LogP contribution in [0.1, 0.15) is 10.4 Å². The second kappa shape index (κ2) is 6.34. The molecule has 4 nitrogen and oxygen atoms in total. The molecule has 0 fully saturated rings. The van der Waals surface area contributed by atoms with Crippen LogP contribution < -0.4 is 17.0 Å². The van der Waals surface area contributed by atoms with E-state index >= 15 is 0 Å². The number of aromatic nitrogens is 2. The van der Waals surface area contributed by atoms with Crippen LogP contribution in [0.5, 0.6) is 0 Å². The number of aromatic amines is 1. The highest BCUT2D eigenvalue weighted by molar-refractivity contribution is 6.06. The van der Waals surface area contributed by atoms with Gasteiger partial charge in [0.25, 0.3) is 0 Å². The van der Waals surface area contributed by atoms with Crippen molar-refractivity contribution in [1.82, 2.24) is 4.98 Å². The third kappa shape index (κ3) is 2.51. The fourth-order valence-corrected chi connectivity index (χ4v) is 2.93. The molecule has 0 saturated carbocycles. The van der Waals surface area contributed by atoms with E-state index in [2.05, 4.69) is 23.2 Å². The zero-order chi connectivity index (χ0) is 15.8. The van der Waals surface area contributed by atoms with Crippen LogP contribution in [-0.4, -0.2) is 18.1 Å². The Morgan fingerprint density at radius 3 is 2.50 bits per heavy atom. The Balaban J connectivity index is 0.00000169. The Labute approximate surface area is 145 Å². The van der Waals surface area contributed by atoms with Gasteiger partial charge in [0.2, 0.25) is 5.69 Å². The number of esters is 1. The maximum absolute atomic E-state index is 12.0. The number of methoxy groups -OCH3 is 1. The molecule has 4 aromatic rings. The number of nitrogens with zero attached hydrogens (tertiary/aromatic N) is 1. The maximum Gasteiger partial charge on any atom is 0.344 e. The first-order valence-electron chi connectivity index (χ1n) is 7.37. The predicted molar refractivity (Wildman–Crippen MR) is 88.7 cm³/mol. The Morgan fingerprint density at radius 1 is 0.958 bits per heavy atom. The van der Waals surface area contributed by atoms with Crippen molar-refractivity contribution in [3.8, 4) is 5.69 Å². The Morgan fingerprint density at radius 2 is 1.67 bits per heavy atom. The molecule has 2 heterocycles. The standard InChI is InChI=1S/C19H14N2O2.ClH/c1-23-19(22)15-7-3-5-9-18(15)21-11-10-14-13-6-2-4-8-16(13)20-17(14)12-21;/h2-12H,1H3;1H. The second-order valence-electron chi connectivity index (χ2n) is 5.36. The number of hydrogen-bond acceptors (Lipinski definition) is 2. The summed E-state index contributed by atoms with van der Waals surface area (Å²) < 4.78 is 6.81. The molecule has 0 aliphatic carbocycles. The van der Waals surface area contributed by atoms with E-state index in [-0.39, 0.29) is 18.4 Å². The number of halogens is 1. The molecule has 0 spiro atoms. The zero-order valence-electron chi connectivity index (χ0n) is 13.0. The van der Waals surface area contributed by atoms with Crippen molar-refractivity contribution in [2.45, 2.75) is 0 Å². The molecule has 1 N–H and O–H groups in total. The largest absolute Gasteiger partial charge is 1.00 e. The minimum atomic E-state index is -0.343. The first-order chi connectivity index (χ1) is 11.3. The summed E-state index contributed by atoms with van der Waals surface area (Å²) in [7, 11) is 1.39. The normalized spacial score (nSPS) is 10.5. The van der Waals surface area contributed by atoms with Gasteiger partial charge in [-0.1, -0.05) is 30.3 Å². The summed E-state index contributed by atoms with van der Waals surface area (Å²) >= 11 is 0. The number of para-hydroxylation sites is 2. The lowest BCUT2D eigenvalue weighted by Crippen LogP contribution is -3.00. The molecule has 4 rings (SSSR count). The van der Waals surface area contributed by atoms with Gasteiger partial charge in [-0.3, -0.25) is 0 Å². The third-order valence-corrected chi connectivity index (χ3v) is 4.03. The van der Waals surface area contributed by atoms with Gasteiger partial charge in [-0.05, 0) is 12.1 Å². The smallest absolute Gasteiger partial charge is 0.344 e. The van der Waals surface area contributed by atoms with Gasteiger partial charge in [0.1, 0.15) is 11.1 Å². The molecule has 2 aromatic heterocycles. The van der Waals surface area contributed by atoms with Crippen LogP contribution in [0.2, 0.25) is 0 Å². The van der Waals surface area contributed by atoms with Crippen molar-refractivity contribution in [2.75, 3.05) is 7.11 Å². The average Bonchev–Trinajstić information content (AvgIpc) is 2.98. The number of pyridine rings is 1. The lowest BCUT2D eigenvalue weighted by Gasteiger charge is -2.02. The summed E-state index contributed by atoms with van der Waals surface area (Å²) in [4.78, 5) is 15.4. The van der Waals surface area contributed by atoms with Gasteiger partial charge in [-0.2, -0.15) is 4.57 Å². The van der Waals surface area contributed by atoms with E-state index in [0.717, 1.165) is 22.1 Å². The summed E-state index contributed by atoms with van der Waals surface area (Å²) in [5, 5.41) is 2.35. The van der Waals surface area contributed by atoms with Crippen LogP contribution >= 0.6 is 0 Å². The van der Waals surface area contributed by atoms with Crippen molar-refractivity contribution in [2.24, 2.45) is 0 Å². The number of H-pyrrole nitrogens is 1. The first-order valence-corrected chi connectivity index (χ1v) is 7.37. The van der Waals surface area contributed by atoms with Crippen LogP contribution in [0.25, 0.3) is 27.5 Å². The van der Waals surface area contributed by atoms with Crippen LogP contribution in [0.3, 0.4) is 0 Å². The van der Waals surface area contributed by atoms with E-state index in [0.29, 0.717) is 5.56 Å². The third-order valence-electron chi connectivity index (χ3n) is 4.03. The Bertz CT molecular complexity index is 1040. The molecule has 0 radical (unpaired) electrons. The van der Waals surface area contributed by atoms with Gasteiger partial charge in [-0.25, -0.2) is 4.79 Å². The molecule has 0 atom stereocenters. The molecule has 0 unspecified atom stereocenters. The van der Waals surface area contributed by atoms with Gasteiger partial charge < -0.3 is 22.1 Å². The van der Waals surface area contributed by atoms with E-state index in [4.69, 9.17) is 4.74 Å². The number of benzene rings is 2. The monoisotopic (exact) mass is 338 g/mol. The molecule has 0 aliphatic heterocycles. The second-order valence-corrected chi connectivity index (χ2v) is 5.36. The van der Waals surface area contributed by atoms with E-state index in [1.54, 1.807) is 6.07 Å². The van der Waals surface area contributed by atoms with Gasteiger partial charge in [0.15, 0.2) is 12.4 Å². The van der Waals surface area contributed by atoms with Crippen molar-refractivity contribution < 1.29 is 26.5 Å². The topological polar surface area (TPSA) is 46.0 Å². The summed E-state index contributed by atoms with van der Waals surface area (Å²) in [6.45, 7) is 0. The number of ether oxygens (including phenoxy) is 1. The van der Waals surface area contributed by atoms with Gasteiger partial charge >= 0.3 is 5.97 Å². The molecule has 2 aromatic carbocycles. The molecule has 5 heteroatoms. The molecule has 0 amide bonds. The van der Waals surface area contributed by atoms with Gasteiger partial charge in [0.05, 0.1) is 7.11 Å². The summed E-state index contributed by atoms with van der Waals surface area (Å²) in [5.41, 5.74) is 3.45. The Kier molecular flexibility index (Phi) is 4.23. The van der Waals surface area contributed by atoms with E-state index in [1.807, 2.05) is 47.3 Å². The molecule has 0 bridgehead atoms. The lowest BCUT2D eigenvalue weighted by molar-refractivity contribution is -0.594. The number of hydrogen-bond donors (Lipinski definition) is 1. The molecule has 24 heavy (non-hydrogen) atoms. The highest BCUT2D eigenvalue weighted by Gasteiger charge is 2.19. The molecule has 120 valence electrons. The Hall–Kier alpha value is -2.85. The van der Waals surface area contributed by atoms with Gasteiger partial charge in [-0.15, -0.1) is 0 Å². The highest BCUT2D eigenvalue weighted by Crippen LogP contribution is 2.24. The summed E-state index contributed by atoms with van der Waals surface area (Å²) in [6, 6.07) is 17.7. The zero-order valence-corrected chi connectivity index (χ0v) is 13.7.